The van der Waals surface area contributed by atoms with E-state index in [0.717, 1.165) is 38.1 Å². The van der Waals surface area contributed by atoms with Crippen molar-refractivity contribution in [1.29, 1.82) is 5.26 Å². The third kappa shape index (κ3) is 4.54. The Morgan fingerprint density at radius 1 is 1.23 bits per heavy atom. The number of aromatic nitrogens is 3. The van der Waals surface area contributed by atoms with Crippen LogP contribution in [0.15, 0.2) is 39.4 Å². The Balaban J connectivity index is 1.61. The molecule has 1 aliphatic heterocycles. The summed E-state index contributed by atoms with van der Waals surface area (Å²) in [6.07, 6.45) is 5.85. The number of methoxy groups -OCH3 is 1. The van der Waals surface area contributed by atoms with Gasteiger partial charge in [-0.2, -0.15) is 5.26 Å². The molecule has 1 aromatic carbocycles. The molecular formula is C22H19BrN4O4. The van der Waals surface area contributed by atoms with Crippen LogP contribution in [0.3, 0.4) is 0 Å². The summed E-state index contributed by atoms with van der Waals surface area (Å²) in [5.74, 6) is 1.50. The first-order valence-electron chi connectivity index (χ1n) is 9.79. The van der Waals surface area contributed by atoms with Crippen molar-refractivity contribution in [1.82, 2.24) is 14.8 Å². The van der Waals surface area contributed by atoms with E-state index in [4.69, 9.17) is 13.9 Å². The minimum atomic E-state index is -0.642. The minimum Gasteiger partial charge on any atom is -0.493 e. The summed E-state index contributed by atoms with van der Waals surface area (Å²) in [6.45, 7) is 0.803. The number of carbonyl (C=O) groups is 1. The second-order valence-corrected chi connectivity index (χ2v) is 7.76. The predicted octanol–water partition coefficient (Wildman–Crippen LogP) is 4.65. The second kappa shape index (κ2) is 9.18. The zero-order chi connectivity index (χ0) is 21.8. The van der Waals surface area contributed by atoms with Gasteiger partial charge in [0.2, 0.25) is 5.76 Å². The van der Waals surface area contributed by atoms with Crippen molar-refractivity contribution in [3.8, 4) is 17.6 Å². The van der Waals surface area contributed by atoms with Gasteiger partial charge in [-0.3, -0.25) is 0 Å². The third-order valence-electron chi connectivity index (χ3n) is 4.95. The number of hydrogen-bond acceptors (Lipinski definition) is 7. The summed E-state index contributed by atoms with van der Waals surface area (Å²) >= 11 is 3.15. The zero-order valence-corrected chi connectivity index (χ0v) is 18.4. The number of nitrogens with zero attached hydrogens (tertiary/aromatic N) is 4. The molecule has 0 amide bonds. The van der Waals surface area contributed by atoms with Crippen molar-refractivity contribution in [3.63, 3.8) is 0 Å². The van der Waals surface area contributed by atoms with E-state index in [2.05, 4.69) is 32.2 Å². The smallest absolute Gasteiger partial charge is 0.379 e. The lowest BCUT2D eigenvalue weighted by Crippen LogP contribution is -2.08. The van der Waals surface area contributed by atoms with Gasteiger partial charge < -0.3 is 18.5 Å². The van der Waals surface area contributed by atoms with Gasteiger partial charge in [-0.25, -0.2) is 4.79 Å². The predicted molar refractivity (Wildman–Crippen MR) is 115 cm³/mol. The number of carbonyl (C=O) groups excluding carboxylic acids is 1. The maximum absolute atomic E-state index is 12.3. The number of halogens is 1. The average Bonchev–Trinajstić information content (AvgIpc) is 3.32. The molecule has 2 aromatic heterocycles. The number of esters is 1. The number of furan rings is 1. The van der Waals surface area contributed by atoms with Crippen molar-refractivity contribution in [2.24, 2.45) is 0 Å². The molecule has 0 bridgehead atoms. The highest BCUT2D eigenvalue weighted by Crippen LogP contribution is 2.31. The molecule has 8 nitrogen and oxygen atoms in total. The molecule has 0 spiro atoms. The zero-order valence-electron chi connectivity index (χ0n) is 16.8. The van der Waals surface area contributed by atoms with E-state index in [-0.39, 0.29) is 11.5 Å². The number of hydrogen-bond donors (Lipinski definition) is 0. The molecule has 3 heterocycles. The SMILES string of the molecule is COc1cc(C=C(C#N)c2nnc3n2CCCCC3)ccc1OC(=O)c1ccc(Br)o1. The van der Waals surface area contributed by atoms with Gasteiger partial charge in [-0.1, -0.05) is 12.5 Å². The van der Waals surface area contributed by atoms with E-state index in [1.54, 1.807) is 30.3 Å². The monoisotopic (exact) mass is 482 g/mol. The molecule has 0 saturated carbocycles. The average molecular weight is 483 g/mol. The molecule has 158 valence electrons. The van der Waals surface area contributed by atoms with Crippen molar-refractivity contribution >= 4 is 33.5 Å². The lowest BCUT2D eigenvalue weighted by molar-refractivity contribution is 0.0695. The standard InChI is InChI=1S/C22H19BrN4O4/c1-29-18-12-14(6-7-16(18)31-22(28)17-8-9-19(23)30-17)11-15(13-24)21-26-25-20-5-3-2-4-10-27(20)21/h6-9,11-12H,2-5,10H2,1H3. The highest BCUT2D eigenvalue weighted by Gasteiger charge is 2.19. The topological polar surface area (TPSA) is 103 Å². The molecule has 0 aliphatic carbocycles. The molecule has 1 aliphatic rings. The number of allylic oxidation sites excluding steroid dienone is 1. The first-order valence-corrected chi connectivity index (χ1v) is 10.6. The van der Waals surface area contributed by atoms with Gasteiger partial charge in [-0.05, 0) is 64.7 Å². The second-order valence-electron chi connectivity index (χ2n) is 6.98. The van der Waals surface area contributed by atoms with Gasteiger partial charge in [0.1, 0.15) is 11.9 Å². The van der Waals surface area contributed by atoms with Crippen LogP contribution in [0.1, 0.15) is 47.0 Å². The summed E-state index contributed by atoms with van der Waals surface area (Å²) in [7, 11) is 1.48. The number of rotatable bonds is 5. The van der Waals surface area contributed by atoms with Gasteiger partial charge >= 0.3 is 5.97 Å². The first-order chi connectivity index (χ1) is 15.1. The van der Waals surface area contributed by atoms with Crippen molar-refractivity contribution < 1.29 is 18.7 Å². The molecule has 9 heteroatoms. The largest absolute Gasteiger partial charge is 0.493 e. The number of aryl methyl sites for hydroxylation is 1. The Morgan fingerprint density at radius 2 is 2.10 bits per heavy atom. The van der Waals surface area contributed by atoms with Crippen molar-refractivity contribution in [2.75, 3.05) is 7.11 Å². The highest BCUT2D eigenvalue weighted by molar-refractivity contribution is 9.10. The summed E-state index contributed by atoms with van der Waals surface area (Å²) in [5, 5.41) is 18.3. The van der Waals surface area contributed by atoms with Gasteiger partial charge in [0.15, 0.2) is 22.0 Å². The summed E-state index contributed by atoms with van der Waals surface area (Å²) in [4.78, 5) is 12.3. The van der Waals surface area contributed by atoms with Crippen molar-refractivity contribution in [2.45, 2.75) is 32.2 Å². The summed E-state index contributed by atoms with van der Waals surface area (Å²) < 4.78 is 18.4. The molecule has 0 N–H and O–H groups in total. The van der Waals surface area contributed by atoms with E-state index in [1.165, 1.54) is 13.2 Å². The number of nitriles is 1. The molecule has 31 heavy (non-hydrogen) atoms. The highest BCUT2D eigenvalue weighted by atomic mass is 79.9. The van der Waals surface area contributed by atoms with E-state index < -0.39 is 5.97 Å². The fourth-order valence-corrected chi connectivity index (χ4v) is 3.74. The number of ether oxygens (including phenoxy) is 2. The molecule has 0 radical (unpaired) electrons. The maximum Gasteiger partial charge on any atom is 0.379 e. The van der Waals surface area contributed by atoms with E-state index in [9.17, 15) is 10.1 Å². The van der Waals surface area contributed by atoms with E-state index >= 15 is 0 Å². The van der Waals surface area contributed by atoms with Crippen LogP contribution in [0.4, 0.5) is 0 Å². The van der Waals surface area contributed by atoms with Crippen LogP contribution >= 0.6 is 15.9 Å². The van der Waals surface area contributed by atoms with E-state index in [1.807, 2.05) is 4.57 Å². The minimum absolute atomic E-state index is 0.0668. The molecule has 0 atom stereocenters. The summed E-state index contributed by atoms with van der Waals surface area (Å²) in [6, 6.07) is 10.4. The van der Waals surface area contributed by atoms with Crippen molar-refractivity contribution in [3.05, 3.63) is 58.0 Å². The van der Waals surface area contributed by atoms with Gasteiger partial charge in [-0.15, -0.1) is 10.2 Å². The molecule has 4 rings (SSSR count). The van der Waals surface area contributed by atoms with Crippen LogP contribution in [-0.4, -0.2) is 27.8 Å². The van der Waals surface area contributed by atoms with Gasteiger partial charge in [0.05, 0.1) is 12.7 Å². The Kier molecular flexibility index (Phi) is 6.18. The molecule has 0 unspecified atom stereocenters. The summed E-state index contributed by atoms with van der Waals surface area (Å²) in [5.41, 5.74) is 1.12. The molecule has 0 fully saturated rings. The Labute approximate surface area is 187 Å². The lowest BCUT2D eigenvalue weighted by Gasteiger charge is -2.10. The van der Waals surface area contributed by atoms with Gasteiger partial charge in [0, 0.05) is 13.0 Å². The molecule has 3 aromatic rings. The molecular weight excluding hydrogens is 464 g/mol. The Morgan fingerprint density at radius 3 is 2.84 bits per heavy atom. The number of fused-ring (bicyclic) bond motifs is 1. The fourth-order valence-electron chi connectivity index (χ4n) is 3.43. The molecule has 0 saturated heterocycles. The van der Waals surface area contributed by atoms with Crippen LogP contribution in [-0.2, 0) is 13.0 Å². The van der Waals surface area contributed by atoms with Crippen LogP contribution in [0.5, 0.6) is 11.5 Å². The van der Waals surface area contributed by atoms with Crippen LogP contribution < -0.4 is 9.47 Å². The fraction of sp³-hybridized carbons (Fsp3) is 0.273. The van der Waals surface area contributed by atoms with Gasteiger partial charge in [0.25, 0.3) is 0 Å². The Bertz CT molecular complexity index is 1190. The maximum atomic E-state index is 12.3. The number of benzene rings is 1. The normalized spacial score (nSPS) is 13.8. The van der Waals surface area contributed by atoms with Crippen LogP contribution in [0.25, 0.3) is 11.6 Å². The van der Waals surface area contributed by atoms with Crippen LogP contribution in [0, 0.1) is 11.3 Å². The quantitative estimate of drug-likeness (QED) is 0.296. The Hall–Kier alpha value is -3.38. The first kappa shape index (κ1) is 20.9. The lowest BCUT2D eigenvalue weighted by atomic mass is 10.1. The van der Waals surface area contributed by atoms with E-state index in [0.29, 0.717) is 27.4 Å². The third-order valence-corrected chi connectivity index (χ3v) is 5.37. The van der Waals surface area contributed by atoms with Crippen LogP contribution in [0.2, 0.25) is 0 Å².